The molecule has 0 saturated heterocycles. The predicted molar refractivity (Wildman–Crippen MR) is 49.9 cm³/mol. The Balaban J connectivity index is 3.28. The quantitative estimate of drug-likeness (QED) is 0.706. The third kappa shape index (κ3) is 1.73. The van der Waals surface area contributed by atoms with Crippen LogP contribution in [0.15, 0.2) is 12.1 Å². The van der Waals surface area contributed by atoms with Crippen molar-refractivity contribution in [2.75, 3.05) is 5.73 Å². The highest BCUT2D eigenvalue weighted by atomic mass is 35.5. The maximum atomic E-state index is 13.1. The number of hydrogen-bond donors (Lipinski definition) is 1. The molecular weight excluding hydrogens is 191 g/mol. The zero-order valence-electron chi connectivity index (χ0n) is 7.01. The fraction of sp³-hybridized carbons (Fsp3) is 0.222. The molecule has 2 nitrogen and oxygen atoms in total. The second kappa shape index (κ2) is 3.63. The van der Waals surface area contributed by atoms with Crippen LogP contribution in [0.3, 0.4) is 0 Å². The van der Waals surface area contributed by atoms with Crippen molar-refractivity contribution in [1.29, 1.82) is 5.26 Å². The van der Waals surface area contributed by atoms with Crippen molar-refractivity contribution in [3.05, 3.63) is 28.5 Å². The number of anilines is 1. The van der Waals surface area contributed by atoms with E-state index in [1.165, 1.54) is 6.07 Å². The second-order valence-corrected chi connectivity index (χ2v) is 3.10. The molecule has 0 bridgehead atoms. The van der Waals surface area contributed by atoms with Crippen molar-refractivity contribution in [3.63, 3.8) is 0 Å². The highest BCUT2D eigenvalue weighted by Crippen LogP contribution is 2.29. The van der Waals surface area contributed by atoms with Gasteiger partial charge in [0.15, 0.2) is 5.82 Å². The standard InChI is InChI=1S/C9H8ClFN2/c1-5(4-12)6-2-3-7(13)9(11)8(6)10/h2-3,5H,13H2,1H3. The molecule has 0 fully saturated rings. The smallest absolute Gasteiger partial charge is 0.164 e. The molecule has 0 aliphatic rings. The van der Waals surface area contributed by atoms with E-state index < -0.39 is 11.7 Å². The molecule has 68 valence electrons. The van der Waals surface area contributed by atoms with Crippen molar-refractivity contribution in [1.82, 2.24) is 0 Å². The van der Waals surface area contributed by atoms with Gasteiger partial charge in [-0.3, -0.25) is 0 Å². The maximum Gasteiger partial charge on any atom is 0.164 e. The summed E-state index contributed by atoms with van der Waals surface area (Å²) < 4.78 is 13.1. The van der Waals surface area contributed by atoms with E-state index in [0.29, 0.717) is 5.56 Å². The Bertz CT molecular complexity index is 371. The molecule has 1 aromatic carbocycles. The van der Waals surface area contributed by atoms with Crippen molar-refractivity contribution in [3.8, 4) is 6.07 Å². The molecule has 4 heteroatoms. The lowest BCUT2D eigenvalue weighted by Gasteiger charge is -2.07. The van der Waals surface area contributed by atoms with Crippen LogP contribution < -0.4 is 5.73 Å². The van der Waals surface area contributed by atoms with E-state index in [1.54, 1.807) is 13.0 Å². The van der Waals surface area contributed by atoms with Gasteiger partial charge < -0.3 is 5.73 Å². The summed E-state index contributed by atoms with van der Waals surface area (Å²) >= 11 is 5.67. The van der Waals surface area contributed by atoms with Gasteiger partial charge in [0.1, 0.15) is 0 Å². The number of halogens is 2. The molecule has 0 saturated carbocycles. The van der Waals surface area contributed by atoms with Crippen molar-refractivity contribution in [2.24, 2.45) is 0 Å². The zero-order valence-corrected chi connectivity index (χ0v) is 7.77. The van der Waals surface area contributed by atoms with E-state index in [4.69, 9.17) is 22.6 Å². The third-order valence-corrected chi connectivity index (χ3v) is 2.19. The van der Waals surface area contributed by atoms with Gasteiger partial charge in [-0.1, -0.05) is 17.7 Å². The van der Waals surface area contributed by atoms with Gasteiger partial charge in [-0.05, 0) is 18.6 Å². The molecule has 1 rings (SSSR count). The first-order valence-corrected chi connectivity index (χ1v) is 4.08. The van der Waals surface area contributed by atoms with Gasteiger partial charge in [-0.2, -0.15) is 5.26 Å². The lowest BCUT2D eigenvalue weighted by atomic mass is 10.0. The minimum atomic E-state index is -0.652. The Labute approximate surface area is 80.7 Å². The molecule has 13 heavy (non-hydrogen) atoms. The molecule has 0 radical (unpaired) electrons. The van der Waals surface area contributed by atoms with Crippen LogP contribution in [0.4, 0.5) is 10.1 Å². The molecule has 0 heterocycles. The van der Waals surface area contributed by atoms with Gasteiger partial charge in [-0.25, -0.2) is 4.39 Å². The summed E-state index contributed by atoms with van der Waals surface area (Å²) in [5.41, 5.74) is 5.76. The molecule has 2 N–H and O–H groups in total. The van der Waals surface area contributed by atoms with Gasteiger partial charge >= 0.3 is 0 Å². The topological polar surface area (TPSA) is 49.8 Å². The van der Waals surface area contributed by atoms with Crippen LogP contribution in [0.5, 0.6) is 0 Å². The number of nitriles is 1. The predicted octanol–water partition coefficient (Wildman–Crippen LogP) is 2.69. The summed E-state index contributed by atoms with van der Waals surface area (Å²) in [5, 5.41) is 8.55. The number of nitrogens with two attached hydrogens (primary N) is 1. The first-order valence-electron chi connectivity index (χ1n) is 3.71. The van der Waals surface area contributed by atoms with E-state index in [-0.39, 0.29) is 10.7 Å². The Kier molecular flexibility index (Phi) is 2.74. The molecular formula is C9H8ClFN2. The van der Waals surface area contributed by atoms with Gasteiger partial charge in [0, 0.05) is 0 Å². The molecule has 0 amide bonds. The molecule has 0 aliphatic carbocycles. The van der Waals surface area contributed by atoms with Crippen molar-refractivity contribution >= 4 is 17.3 Å². The summed E-state index contributed by atoms with van der Waals surface area (Å²) in [5.74, 6) is -1.08. The second-order valence-electron chi connectivity index (χ2n) is 2.72. The molecule has 1 unspecified atom stereocenters. The number of hydrogen-bond acceptors (Lipinski definition) is 2. The fourth-order valence-electron chi connectivity index (χ4n) is 0.983. The van der Waals surface area contributed by atoms with E-state index in [1.807, 2.05) is 6.07 Å². The van der Waals surface area contributed by atoms with E-state index >= 15 is 0 Å². The highest BCUT2D eigenvalue weighted by Gasteiger charge is 2.14. The van der Waals surface area contributed by atoms with Crippen LogP contribution in [0.1, 0.15) is 18.4 Å². The summed E-state index contributed by atoms with van der Waals surface area (Å²) in [4.78, 5) is 0. The Morgan fingerprint density at radius 3 is 2.77 bits per heavy atom. The zero-order chi connectivity index (χ0) is 10.0. The van der Waals surface area contributed by atoms with Gasteiger partial charge in [-0.15, -0.1) is 0 Å². The monoisotopic (exact) mass is 198 g/mol. The van der Waals surface area contributed by atoms with E-state index in [9.17, 15) is 4.39 Å². The van der Waals surface area contributed by atoms with Gasteiger partial charge in [0.05, 0.1) is 22.7 Å². The molecule has 1 atom stereocenters. The minimum Gasteiger partial charge on any atom is -0.396 e. The molecule has 1 aromatic rings. The normalized spacial score (nSPS) is 12.2. The third-order valence-electron chi connectivity index (χ3n) is 1.80. The number of benzene rings is 1. The lowest BCUT2D eigenvalue weighted by molar-refractivity contribution is 0.630. The fourth-order valence-corrected chi connectivity index (χ4v) is 1.32. The number of rotatable bonds is 1. The SMILES string of the molecule is CC(C#N)c1ccc(N)c(F)c1Cl. The first kappa shape index (κ1) is 9.82. The molecule has 0 aliphatic heterocycles. The van der Waals surface area contributed by atoms with Crippen LogP contribution >= 0.6 is 11.6 Å². The summed E-state index contributed by atoms with van der Waals surface area (Å²) in [6, 6.07) is 4.95. The first-order chi connectivity index (χ1) is 6.07. The molecule has 0 spiro atoms. The summed E-state index contributed by atoms with van der Waals surface area (Å²) in [6.45, 7) is 1.65. The largest absolute Gasteiger partial charge is 0.396 e. The van der Waals surface area contributed by atoms with Crippen LogP contribution in [-0.2, 0) is 0 Å². The van der Waals surface area contributed by atoms with Crippen LogP contribution in [0, 0.1) is 17.1 Å². The maximum absolute atomic E-state index is 13.1. The molecule has 0 aromatic heterocycles. The average Bonchev–Trinajstić information content (AvgIpc) is 2.13. The summed E-state index contributed by atoms with van der Waals surface area (Å²) in [6.07, 6.45) is 0. The van der Waals surface area contributed by atoms with Gasteiger partial charge in [0.2, 0.25) is 0 Å². The number of nitrogen functional groups attached to an aromatic ring is 1. The Morgan fingerprint density at radius 1 is 1.62 bits per heavy atom. The van der Waals surface area contributed by atoms with E-state index in [2.05, 4.69) is 0 Å². The van der Waals surface area contributed by atoms with Gasteiger partial charge in [0.25, 0.3) is 0 Å². The van der Waals surface area contributed by atoms with Crippen LogP contribution in [0.2, 0.25) is 5.02 Å². The van der Waals surface area contributed by atoms with Crippen molar-refractivity contribution < 1.29 is 4.39 Å². The average molecular weight is 199 g/mol. The highest BCUT2D eigenvalue weighted by molar-refractivity contribution is 6.31. The minimum absolute atomic E-state index is 0.00103. The van der Waals surface area contributed by atoms with Crippen LogP contribution in [0.25, 0.3) is 0 Å². The Hall–Kier alpha value is -1.27. The summed E-state index contributed by atoms with van der Waals surface area (Å²) in [7, 11) is 0. The lowest BCUT2D eigenvalue weighted by Crippen LogP contribution is -1.97. The number of nitrogens with zero attached hydrogens (tertiary/aromatic N) is 1. The Morgan fingerprint density at radius 2 is 2.23 bits per heavy atom. The van der Waals surface area contributed by atoms with Crippen molar-refractivity contribution in [2.45, 2.75) is 12.8 Å². The van der Waals surface area contributed by atoms with Crippen LogP contribution in [-0.4, -0.2) is 0 Å². The van der Waals surface area contributed by atoms with E-state index in [0.717, 1.165) is 0 Å².